The number of nitrogens with zero attached hydrogens (tertiary/aromatic N) is 1. The van der Waals surface area contributed by atoms with Crippen molar-refractivity contribution in [2.45, 2.75) is 56.1 Å². The van der Waals surface area contributed by atoms with Crippen LogP contribution in [0, 0.1) is 0 Å². The van der Waals surface area contributed by atoms with Crippen LogP contribution in [0.1, 0.15) is 44.1 Å². The summed E-state index contributed by atoms with van der Waals surface area (Å²) in [7, 11) is 0. The Balaban J connectivity index is 1.70. The molecule has 2 bridgehead atoms. The highest BCUT2D eigenvalue weighted by molar-refractivity contribution is 5.81. The number of hydrogen-bond acceptors (Lipinski definition) is 2. The average Bonchev–Trinajstić information content (AvgIpc) is 3.14. The quantitative estimate of drug-likeness (QED) is 0.793. The number of hydrogen-bond donors (Lipinski definition) is 0. The third-order valence-electron chi connectivity index (χ3n) is 5.08. The molecule has 2 atom stereocenters. The number of piperidine rings is 1. The Morgan fingerprint density at radius 3 is 2.17 bits per heavy atom. The second-order valence-electron chi connectivity index (χ2n) is 6.14. The summed E-state index contributed by atoms with van der Waals surface area (Å²) in [6.45, 7) is 0. The maximum Gasteiger partial charge on any atom is 0.136 e. The number of benzene rings is 1. The first-order valence-corrected chi connectivity index (χ1v) is 7.15. The van der Waals surface area contributed by atoms with Crippen molar-refractivity contribution in [1.29, 1.82) is 0 Å². The van der Waals surface area contributed by atoms with Crippen molar-refractivity contribution in [3.8, 4) is 0 Å². The summed E-state index contributed by atoms with van der Waals surface area (Å²) in [6.07, 6.45) is 6.60. The molecule has 0 radical (unpaired) electrons. The minimum Gasteiger partial charge on any atom is -0.300 e. The molecule has 2 saturated heterocycles. The molecule has 94 valence electrons. The van der Waals surface area contributed by atoms with Gasteiger partial charge < -0.3 is 0 Å². The number of carbonyl (C=O) groups excluding carboxylic acids is 1. The third-order valence-corrected chi connectivity index (χ3v) is 5.08. The van der Waals surface area contributed by atoms with Crippen molar-refractivity contribution in [3.63, 3.8) is 0 Å². The molecule has 1 aliphatic carbocycles. The van der Waals surface area contributed by atoms with Crippen LogP contribution in [-0.2, 0) is 10.3 Å². The zero-order valence-corrected chi connectivity index (χ0v) is 10.6. The van der Waals surface area contributed by atoms with Crippen molar-refractivity contribution < 1.29 is 4.79 Å². The molecule has 1 aromatic carbocycles. The molecular formula is C16H19NO. The van der Waals surface area contributed by atoms with Gasteiger partial charge in [-0.2, -0.15) is 0 Å². The predicted molar refractivity (Wildman–Crippen MR) is 70.2 cm³/mol. The van der Waals surface area contributed by atoms with Crippen molar-refractivity contribution in [2.75, 3.05) is 0 Å². The van der Waals surface area contributed by atoms with Crippen LogP contribution in [0.5, 0.6) is 0 Å². The van der Waals surface area contributed by atoms with E-state index in [4.69, 9.17) is 0 Å². The number of carbonyl (C=O) groups is 1. The summed E-state index contributed by atoms with van der Waals surface area (Å²) < 4.78 is 0. The van der Waals surface area contributed by atoms with E-state index in [1.54, 1.807) is 0 Å². The highest BCUT2D eigenvalue weighted by Gasteiger charge is 2.57. The molecule has 2 nitrogen and oxygen atoms in total. The molecule has 4 rings (SSSR count). The minimum absolute atomic E-state index is 0.286. The first-order chi connectivity index (χ1) is 8.79. The summed E-state index contributed by atoms with van der Waals surface area (Å²) in [5, 5.41) is 0. The van der Waals surface area contributed by atoms with E-state index in [-0.39, 0.29) is 5.54 Å². The van der Waals surface area contributed by atoms with Gasteiger partial charge in [-0.1, -0.05) is 30.3 Å². The van der Waals surface area contributed by atoms with Crippen LogP contribution < -0.4 is 0 Å². The van der Waals surface area contributed by atoms with Gasteiger partial charge in [0.2, 0.25) is 0 Å². The highest BCUT2D eigenvalue weighted by Crippen LogP contribution is 2.56. The minimum atomic E-state index is 0.286. The molecule has 2 unspecified atom stereocenters. The van der Waals surface area contributed by atoms with Gasteiger partial charge in [0.15, 0.2) is 0 Å². The number of fused-ring (bicyclic) bond motifs is 2. The SMILES string of the molecule is O=C1CC2CCC(C1)N2C1(c2ccccc2)CC1. The van der Waals surface area contributed by atoms with Gasteiger partial charge in [0.25, 0.3) is 0 Å². The molecule has 0 amide bonds. The van der Waals surface area contributed by atoms with Crippen LogP contribution in [0.25, 0.3) is 0 Å². The Kier molecular flexibility index (Phi) is 2.19. The maximum atomic E-state index is 11.7. The van der Waals surface area contributed by atoms with Crippen molar-refractivity contribution in [3.05, 3.63) is 35.9 Å². The first-order valence-electron chi connectivity index (χ1n) is 7.15. The van der Waals surface area contributed by atoms with E-state index in [2.05, 4.69) is 35.2 Å². The second kappa shape index (κ2) is 3.67. The van der Waals surface area contributed by atoms with Crippen molar-refractivity contribution in [2.24, 2.45) is 0 Å². The Labute approximate surface area is 108 Å². The third kappa shape index (κ3) is 1.42. The van der Waals surface area contributed by atoms with Crippen molar-refractivity contribution in [1.82, 2.24) is 4.90 Å². The van der Waals surface area contributed by atoms with E-state index in [0.717, 1.165) is 12.8 Å². The van der Waals surface area contributed by atoms with Gasteiger partial charge >= 0.3 is 0 Å². The topological polar surface area (TPSA) is 20.3 Å². The van der Waals surface area contributed by atoms with E-state index in [0.29, 0.717) is 17.9 Å². The molecule has 0 spiro atoms. The highest BCUT2D eigenvalue weighted by atomic mass is 16.1. The molecule has 0 N–H and O–H groups in total. The summed E-state index contributed by atoms with van der Waals surface area (Å²) in [4.78, 5) is 14.4. The van der Waals surface area contributed by atoms with Gasteiger partial charge in [-0.15, -0.1) is 0 Å². The van der Waals surface area contributed by atoms with E-state index >= 15 is 0 Å². The fraction of sp³-hybridized carbons (Fsp3) is 0.562. The van der Waals surface area contributed by atoms with E-state index in [1.807, 2.05) is 0 Å². The lowest BCUT2D eigenvalue weighted by atomic mass is 9.94. The predicted octanol–water partition coefficient (Wildman–Crippen LogP) is 2.87. The molecule has 2 aliphatic heterocycles. The van der Waals surface area contributed by atoms with Gasteiger partial charge in [-0.25, -0.2) is 0 Å². The van der Waals surface area contributed by atoms with Crippen LogP contribution >= 0.6 is 0 Å². The Morgan fingerprint density at radius 2 is 1.61 bits per heavy atom. The molecule has 0 aromatic heterocycles. The summed E-state index contributed by atoms with van der Waals surface area (Å²) in [6, 6.07) is 12.0. The van der Waals surface area contributed by atoms with Crippen LogP contribution in [0.4, 0.5) is 0 Å². The van der Waals surface area contributed by atoms with Crippen LogP contribution in [0.15, 0.2) is 30.3 Å². The lowest BCUT2D eigenvalue weighted by molar-refractivity contribution is -0.124. The maximum absolute atomic E-state index is 11.7. The first kappa shape index (κ1) is 10.7. The van der Waals surface area contributed by atoms with Crippen LogP contribution in [-0.4, -0.2) is 22.8 Å². The summed E-state index contributed by atoms with van der Waals surface area (Å²) >= 11 is 0. The van der Waals surface area contributed by atoms with Gasteiger partial charge in [-0.3, -0.25) is 9.69 Å². The smallest absolute Gasteiger partial charge is 0.136 e. The Bertz CT molecular complexity index is 461. The average molecular weight is 241 g/mol. The van der Waals surface area contributed by atoms with Gasteiger partial charge in [0.1, 0.15) is 5.78 Å². The van der Waals surface area contributed by atoms with Gasteiger partial charge in [0.05, 0.1) is 0 Å². The van der Waals surface area contributed by atoms with E-state index in [1.165, 1.54) is 31.2 Å². The van der Waals surface area contributed by atoms with Crippen LogP contribution in [0.2, 0.25) is 0 Å². The standard InChI is InChI=1S/C16H19NO/c18-15-10-13-6-7-14(11-15)17(13)16(8-9-16)12-4-2-1-3-5-12/h1-5,13-14H,6-11H2. The molecule has 1 aromatic rings. The molecule has 2 heteroatoms. The Morgan fingerprint density at radius 1 is 1.00 bits per heavy atom. The zero-order chi connectivity index (χ0) is 12.2. The van der Waals surface area contributed by atoms with E-state index < -0.39 is 0 Å². The van der Waals surface area contributed by atoms with Gasteiger partial charge in [-0.05, 0) is 31.2 Å². The fourth-order valence-corrected chi connectivity index (χ4v) is 4.23. The monoisotopic (exact) mass is 241 g/mol. The zero-order valence-electron chi connectivity index (χ0n) is 10.6. The van der Waals surface area contributed by atoms with Crippen LogP contribution in [0.3, 0.4) is 0 Å². The molecule has 3 fully saturated rings. The summed E-state index contributed by atoms with van der Waals surface area (Å²) in [5.74, 6) is 0.489. The molecule has 3 aliphatic rings. The fourth-order valence-electron chi connectivity index (χ4n) is 4.23. The lowest BCUT2D eigenvalue weighted by Gasteiger charge is -2.41. The van der Waals surface area contributed by atoms with E-state index in [9.17, 15) is 4.79 Å². The lowest BCUT2D eigenvalue weighted by Crippen LogP contribution is -2.49. The Hall–Kier alpha value is -1.15. The summed E-state index contributed by atoms with van der Waals surface area (Å²) in [5.41, 5.74) is 1.75. The molecule has 18 heavy (non-hydrogen) atoms. The molecule has 2 heterocycles. The molecule has 1 saturated carbocycles. The molecular weight excluding hydrogens is 222 g/mol. The van der Waals surface area contributed by atoms with Crippen molar-refractivity contribution >= 4 is 5.78 Å². The number of ketones is 1. The second-order valence-corrected chi connectivity index (χ2v) is 6.14. The largest absolute Gasteiger partial charge is 0.300 e. The normalized spacial score (nSPS) is 33.7. The number of rotatable bonds is 2. The van der Waals surface area contributed by atoms with Gasteiger partial charge in [0, 0.05) is 30.5 Å². The number of Topliss-reactive ketones (excluding diaryl/α,β-unsaturated/α-hetero) is 1.